The topological polar surface area (TPSA) is 35.5 Å². The van der Waals surface area contributed by atoms with Gasteiger partial charge in [-0.2, -0.15) is 0 Å². The first kappa shape index (κ1) is 9.37. The van der Waals surface area contributed by atoms with Crippen molar-refractivity contribution in [3.05, 3.63) is 35.9 Å². The fourth-order valence-corrected chi connectivity index (χ4v) is 1.60. The highest BCUT2D eigenvalue weighted by Gasteiger charge is 2.33. The summed E-state index contributed by atoms with van der Waals surface area (Å²) in [4.78, 5) is 11.2. The molecule has 0 saturated carbocycles. The lowest BCUT2D eigenvalue weighted by Gasteiger charge is -2.13. The summed E-state index contributed by atoms with van der Waals surface area (Å²) in [6.45, 7) is 1.72. The molecule has 2 rings (SSSR count). The molecule has 74 valence electrons. The van der Waals surface area contributed by atoms with Crippen molar-refractivity contribution in [2.24, 2.45) is 0 Å². The molecule has 1 aromatic rings. The summed E-state index contributed by atoms with van der Waals surface area (Å²) in [7, 11) is 0. The maximum atomic E-state index is 11.2. The van der Waals surface area contributed by atoms with Crippen LogP contribution < -0.4 is 0 Å². The van der Waals surface area contributed by atoms with Crippen LogP contribution in [-0.4, -0.2) is 18.7 Å². The van der Waals surface area contributed by atoms with Gasteiger partial charge in [-0.1, -0.05) is 30.3 Å². The minimum Gasteiger partial charge on any atom is -0.344 e. The number of rotatable bonds is 2. The maximum Gasteiger partial charge on any atom is 0.161 e. The molecule has 1 aromatic carbocycles. The van der Waals surface area contributed by atoms with Crippen LogP contribution in [-0.2, 0) is 14.3 Å². The van der Waals surface area contributed by atoms with Crippen molar-refractivity contribution in [1.82, 2.24) is 0 Å². The van der Waals surface area contributed by atoms with Gasteiger partial charge in [0.1, 0.15) is 19.0 Å². The average Bonchev–Trinajstić information content (AvgIpc) is 2.67. The Morgan fingerprint density at radius 3 is 2.64 bits per heavy atom. The van der Waals surface area contributed by atoms with E-state index in [4.69, 9.17) is 9.47 Å². The molecule has 1 fully saturated rings. The summed E-state index contributed by atoms with van der Waals surface area (Å²) in [5, 5.41) is 0. The molecule has 0 N–H and O–H groups in total. The number of carbonyl (C=O) groups is 1. The van der Waals surface area contributed by atoms with Gasteiger partial charge >= 0.3 is 0 Å². The van der Waals surface area contributed by atoms with E-state index in [1.807, 2.05) is 30.3 Å². The zero-order chi connectivity index (χ0) is 9.97. The van der Waals surface area contributed by atoms with Gasteiger partial charge in [0.2, 0.25) is 0 Å². The second kappa shape index (κ2) is 3.90. The summed E-state index contributed by atoms with van der Waals surface area (Å²) >= 11 is 0. The van der Waals surface area contributed by atoms with Crippen molar-refractivity contribution < 1.29 is 14.3 Å². The van der Waals surface area contributed by atoms with E-state index in [-0.39, 0.29) is 18.7 Å². The van der Waals surface area contributed by atoms with Gasteiger partial charge in [0.25, 0.3) is 0 Å². The molecular formula is C11H12O3. The van der Waals surface area contributed by atoms with Crippen molar-refractivity contribution in [1.29, 1.82) is 0 Å². The third-order valence-corrected chi connectivity index (χ3v) is 2.30. The van der Waals surface area contributed by atoms with Gasteiger partial charge in [0, 0.05) is 0 Å². The molecule has 1 heterocycles. The molecule has 0 aromatic heterocycles. The molecule has 0 radical (unpaired) electrons. The lowest BCUT2D eigenvalue weighted by atomic mass is 10.0. The first-order valence-corrected chi connectivity index (χ1v) is 4.57. The Bertz CT molecular complexity index is 321. The minimum atomic E-state index is -0.447. The second-order valence-corrected chi connectivity index (χ2v) is 3.31. The normalized spacial score (nSPS) is 26.4. The number of ether oxygens (including phenoxy) is 2. The Kier molecular flexibility index (Phi) is 2.61. The Hall–Kier alpha value is -1.19. The summed E-state index contributed by atoms with van der Waals surface area (Å²) < 4.78 is 10.6. The van der Waals surface area contributed by atoms with Gasteiger partial charge in [0.05, 0.1) is 0 Å². The Balaban J connectivity index is 2.22. The standard InChI is InChI=1S/C11H12O3/c1-8(12)10-11(14-7-13-10)9-5-3-2-4-6-9/h2-6,10-11H,7H2,1H3/t10-,11-/m0/s1. The summed E-state index contributed by atoms with van der Waals surface area (Å²) in [5.41, 5.74) is 0.991. The van der Waals surface area contributed by atoms with Crippen LogP contribution in [0.2, 0.25) is 0 Å². The fourth-order valence-electron chi connectivity index (χ4n) is 1.60. The minimum absolute atomic E-state index is 0.0105. The summed E-state index contributed by atoms with van der Waals surface area (Å²) in [5.74, 6) is 0.0105. The van der Waals surface area contributed by atoms with Crippen molar-refractivity contribution in [2.45, 2.75) is 19.1 Å². The van der Waals surface area contributed by atoms with Crippen molar-refractivity contribution >= 4 is 5.78 Å². The number of benzene rings is 1. The first-order valence-electron chi connectivity index (χ1n) is 4.57. The van der Waals surface area contributed by atoms with Gasteiger partial charge in [-0.3, -0.25) is 4.79 Å². The Morgan fingerprint density at radius 2 is 2.00 bits per heavy atom. The van der Waals surface area contributed by atoms with E-state index in [2.05, 4.69) is 0 Å². The molecule has 1 saturated heterocycles. The molecule has 0 aliphatic carbocycles. The van der Waals surface area contributed by atoms with Crippen LogP contribution in [0.5, 0.6) is 0 Å². The predicted octanol–water partition coefficient (Wildman–Crippen LogP) is 1.69. The van der Waals surface area contributed by atoms with Gasteiger partial charge in [-0.05, 0) is 12.5 Å². The fraction of sp³-hybridized carbons (Fsp3) is 0.364. The number of hydrogen-bond acceptors (Lipinski definition) is 3. The van der Waals surface area contributed by atoms with E-state index >= 15 is 0 Å². The van der Waals surface area contributed by atoms with Crippen molar-refractivity contribution in [3.63, 3.8) is 0 Å². The summed E-state index contributed by atoms with van der Waals surface area (Å²) in [6.07, 6.45) is -0.689. The zero-order valence-corrected chi connectivity index (χ0v) is 7.97. The molecule has 0 unspecified atom stereocenters. The SMILES string of the molecule is CC(=O)[C@@H]1OCO[C@H]1c1ccccc1. The number of Topliss-reactive ketones (excluding diaryl/α,β-unsaturated/α-hetero) is 1. The van der Waals surface area contributed by atoms with Gasteiger partial charge in [-0.25, -0.2) is 0 Å². The monoisotopic (exact) mass is 192 g/mol. The van der Waals surface area contributed by atoms with Crippen LogP contribution in [0.1, 0.15) is 18.6 Å². The molecule has 3 nitrogen and oxygen atoms in total. The van der Waals surface area contributed by atoms with Crippen molar-refractivity contribution in [3.8, 4) is 0 Å². The van der Waals surface area contributed by atoms with Crippen LogP contribution >= 0.6 is 0 Å². The van der Waals surface area contributed by atoms with Gasteiger partial charge in [0.15, 0.2) is 5.78 Å². The third kappa shape index (κ3) is 1.69. The van der Waals surface area contributed by atoms with E-state index in [1.165, 1.54) is 6.92 Å². The molecule has 1 aliphatic heterocycles. The number of hydrogen-bond donors (Lipinski definition) is 0. The second-order valence-electron chi connectivity index (χ2n) is 3.31. The quantitative estimate of drug-likeness (QED) is 0.715. The first-order chi connectivity index (χ1) is 6.79. The molecule has 0 spiro atoms. The molecule has 0 amide bonds. The average molecular weight is 192 g/mol. The number of ketones is 1. The van der Waals surface area contributed by atoms with Crippen LogP contribution in [0, 0.1) is 0 Å². The molecule has 1 aliphatic rings. The molecule has 0 bridgehead atoms. The lowest BCUT2D eigenvalue weighted by molar-refractivity contribution is -0.126. The van der Waals surface area contributed by atoms with Crippen LogP contribution in [0.15, 0.2) is 30.3 Å². The highest BCUT2D eigenvalue weighted by molar-refractivity contribution is 5.81. The smallest absolute Gasteiger partial charge is 0.161 e. The number of carbonyl (C=O) groups excluding carboxylic acids is 1. The Labute approximate surface area is 82.6 Å². The van der Waals surface area contributed by atoms with Crippen LogP contribution in [0.3, 0.4) is 0 Å². The van der Waals surface area contributed by atoms with E-state index < -0.39 is 6.10 Å². The largest absolute Gasteiger partial charge is 0.344 e. The highest BCUT2D eigenvalue weighted by atomic mass is 16.7. The molecule has 3 heteroatoms. The van der Waals surface area contributed by atoms with E-state index in [9.17, 15) is 4.79 Å². The van der Waals surface area contributed by atoms with Gasteiger partial charge in [-0.15, -0.1) is 0 Å². The zero-order valence-electron chi connectivity index (χ0n) is 7.97. The Morgan fingerprint density at radius 1 is 1.29 bits per heavy atom. The van der Waals surface area contributed by atoms with E-state index in [0.717, 1.165) is 5.56 Å². The summed E-state index contributed by atoms with van der Waals surface area (Å²) in [6, 6.07) is 9.66. The molecule has 2 atom stereocenters. The van der Waals surface area contributed by atoms with E-state index in [0.29, 0.717) is 0 Å². The van der Waals surface area contributed by atoms with Crippen molar-refractivity contribution in [2.75, 3.05) is 6.79 Å². The lowest BCUT2D eigenvalue weighted by Crippen LogP contribution is -2.23. The third-order valence-electron chi connectivity index (χ3n) is 2.30. The predicted molar refractivity (Wildman–Crippen MR) is 50.7 cm³/mol. The highest BCUT2D eigenvalue weighted by Crippen LogP contribution is 2.28. The van der Waals surface area contributed by atoms with Gasteiger partial charge < -0.3 is 9.47 Å². The molecular weight excluding hydrogens is 180 g/mol. The maximum absolute atomic E-state index is 11.2. The molecule has 14 heavy (non-hydrogen) atoms. The van der Waals surface area contributed by atoms with E-state index in [1.54, 1.807) is 0 Å². The van der Waals surface area contributed by atoms with Crippen LogP contribution in [0.25, 0.3) is 0 Å². The van der Waals surface area contributed by atoms with Crippen LogP contribution in [0.4, 0.5) is 0 Å².